The number of hydrogen-bond donors (Lipinski definition) is 2. The Morgan fingerprint density at radius 1 is 1.19 bits per heavy atom. The fraction of sp³-hybridized carbons (Fsp3) is 0.429. The van der Waals surface area contributed by atoms with Gasteiger partial charge in [-0.2, -0.15) is 0 Å². The van der Waals surface area contributed by atoms with Crippen molar-refractivity contribution in [1.29, 1.82) is 0 Å². The number of amides is 2. The van der Waals surface area contributed by atoms with Gasteiger partial charge in [0.05, 0.1) is 6.04 Å². The number of nitrogens with zero attached hydrogens (tertiary/aromatic N) is 2. The second-order valence-electron chi connectivity index (χ2n) is 4.96. The van der Waals surface area contributed by atoms with Crippen LogP contribution in [0, 0.1) is 0 Å². The number of halogens is 1. The molecule has 0 bridgehead atoms. The van der Waals surface area contributed by atoms with Crippen molar-refractivity contribution >= 4 is 24.2 Å². The molecule has 0 aromatic heterocycles. The third kappa shape index (κ3) is 4.09. The molecule has 0 aliphatic carbocycles. The summed E-state index contributed by atoms with van der Waals surface area (Å²) in [5, 5.41) is 9.40. The van der Waals surface area contributed by atoms with E-state index in [0.717, 1.165) is 0 Å². The van der Waals surface area contributed by atoms with Gasteiger partial charge in [-0.05, 0) is 25.1 Å². The molecule has 1 aliphatic rings. The molecule has 3 N–H and O–H groups in total. The van der Waals surface area contributed by atoms with Crippen molar-refractivity contribution in [2.75, 3.05) is 26.2 Å². The number of aromatic hydroxyl groups is 1. The van der Waals surface area contributed by atoms with Gasteiger partial charge < -0.3 is 20.6 Å². The van der Waals surface area contributed by atoms with Crippen molar-refractivity contribution in [2.45, 2.75) is 13.0 Å². The molecule has 1 atom stereocenters. The summed E-state index contributed by atoms with van der Waals surface area (Å²) in [7, 11) is 0. The summed E-state index contributed by atoms with van der Waals surface area (Å²) in [5.74, 6) is -0.148. The average Bonchev–Trinajstić information content (AvgIpc) is 2.46. The van der Waals surface area contributed by atoms with Crippen LogP contribution in [0.2, 0.25) is 0 Å². The van der Waals surface area contributed by atoms with E-state index in [1.165, 1.54) is 12.1 Å². The Kier molecular flexibility index (Phi) is 5.99. The number of carbonyl (C=O) groups excluding carboxylic acids is 2. The number of hydrogen-bond acceptors (Lipinski definition) is 4. The van der Waals surface area contributed by atoms with E-state index in [-0.39, 0.29) is 30.0 Å². The Morgan fingerprint density at radius 3 is 2.29 bits per heavy atom. The Labute approximate surface area is 129 Å². The number of rotatable bonds is 2. The molecule has 1 fully saturated rings. The maximum atomic E-state index is 12.2. The lowest BCUT2D eigenvalue weighted by molar-refractivity contribution is -0.133. The molecule has 2 rings (SSSR count). The van der Waals surface area contributed by atoms with Gasteiger partial charge in [-0.15, -0.1) is 12.4 Å². The minimum Gasteiger partial charge on any atom is -0.508 e. The number of carbonyl (C=O) groups is 2. The molecule has 1 aliphatic heterocycles. The summed E-state index contributed by atoms with van der Waals surface area (Å²) >= 11 is 0. The molecule has 1 aromatic rings. The minimum absolute atomic E-state index is 0. The maximum Gasteiger partial charge on any atom is 0.254 e. The quantitative estimate of drug-likeness (QED) is 0.830. The summed E-state index contributed by atoms with van der Waals surface area (Å²) < 4.78 is 0. The SMILES string of the molecule is C[C@@H](N)C(=O)N1CCN(C(=O)c2cccc(O)c2)CC1.Cl. The van der Waals surface area contributed by atoms with Crippen molar-refractivity contribution in [2.24, 2.45) is 5.73 Å². The van der Waals surface area contributed by atoms with Gasteiger partial charge in [0.2, 0.25) is 5.91 Å². The Bertz CT molecular complexity index is 514. The van der Waals surface area contributed by atoms with Crippen LogP contribution in [0.5, 0.6) is 5.75 Å². The monoisotopic (exact) mass is 313 g/mol. The van der Waals surface area contributed by atoms with Gasteiger partial charge in [0.25, 0.3) is 5.91 Å². The van der Waals surface area contributed by atoms with Gasteiger partial charge in [-0.25, -0.2) is 0 Å². The molecule has 0 unspecified atom stereocenters. The highest BCUT2D eigenvalue weighted by Gasteiger charge is 2.26. The first-order chi connectivity index (χ1) is 9.49. The van der Waals surface area contributed by atoms with Gasteiger partial charge >= 0.3 is 0 Å². The number of phenols is 1. The normalized spacial score (nSPS) is 16.1. The third-order valence-electron chi connectivity index (χ3n) is 3.36. The molecule has 0 spiro atoms. The summed E-state index contributed by atoms with van der Waals surface area (Å²) in [6, 6.07) is 5.76. The average molecular weight is 314 g/mol. The van der Waals surface area contributed by atoms with E-state index in [9.17, 15) is 14.7 Å². The second-order valence-corrected chi connectivity index (χ2v) is 4.96. The van der Waals surface area contributed by atoms with Crippen LogP contribution in [0.3, 0.4) is 0 Å². The highest BCUT2D eigenvalue weighted by atomic mass is 35.5. The summed E-state index contributed by atoms with van der Waals surface area (Å²) in [6.45, 7) is 3.60. The van der Waals surface area contributed by atoms with Crippen LogP contribution in [0.15, 0.2) is 24.3 Å². The van der Waals surface area contributed by atoms with Gasteiger partial charge in [0, 0.05) is 31.7 Å². The van der Waals surface area contributed by atoms with E-state index in [1.54, 1.807) is 28.9 Å². The first-order valence-electron chi connectivity index (χ1n) is 6.61. The van der Waals surface area contributed by atoms with Crippen LogP contribution < -0.4 is 5.73 Å². The number of piperazine rings is 1. The summed E-state index contributed by atoms with van der Waals surface area (Å²) in [5.41, 5.74) is 6.02. The van der Waals surface area contributed by atoms with Crippen LogP contribution in [0.25, 0.3) is 0 Å². The Morgan fingerprint density at radius 2 is 1.76 bits per heavy atom. The molecule has 116 valence electrons. The lowest BCUT2D eigenvalue weighted by Crippen LogP contribution is -2.53. The Balaban J connectivity index is 0.00000220. The zero-order valence-corrected chi connectivity index (χ0v) is 12.7. The molecule has 2 amide bonds. The van der Waals surface area contributed by atoms with Crippen molar-refractivity contribution in [1.82, 2.24) is 9.80 Å². The molecule has 1 heterocycles. The van der Waals surface area contributed by atoms with Crippen LogP contribution >= 0.6 is 12.4 Å². The number of nitrogens with two attached hydrogens (primary N) is 1. The highest BCUT2D eigenvalue weighted by Crippen LogP contribution is 2.14. The van der Waals surface area contributed by atoms with Crippen LogP contribution in [0.4, 0.5) is 0 Å². The maximum absolute atomic E-state index is 12.2. The van der Waals surface area contributed by atoms with E-state index < -0.39 is 6.04 Å². The standard InChI is InChI=1S/C14H19N3O3.ClH/c1-10(15)13(19)16-5-7-17(8-6-16)14(20)11-3-2-4-12(18)9-11;/h2-4,9-10,18H,5-8,15H2,1H3;1H/t10-;/m1./s1. The zero-order chi connectivity index (χ0) is 14.7. The lowest BCUT2D eigenvalue weighted by atomic mass is 10.1. The van der Waals surface area contributed by atoms with Gasteiger partial charge in [-0.3, -0.25) is 9.59 Å². The molecule has 0 saturated carbocycles. The zero-order valence-electron chi connectivity index (χ0n) is 11.9. The van der Waals surface area contributed by atoms with Crippen molar-refractivity contribution in [3.8, 4) is 5.75 Å². The minimum atomic E-state index is -0.511. The third-order valence-corrected chi connectivity index (χ3v) is 3.36. The highest BCUT2D eigenvalue weighted by molar-refractivity contribution is 5.94. The van der Waals surface area contributed by atoms with Crippen LogP contribution in [-0.2, 0) is 4.79 Å². The second kappa shape index (κ2) is 7.28. The molecule has 21 heavy (non-hydrogen) atoms. The van der Waals surface area contributed by atoms with E-state index in [4.69, 9.17) is 5.73 Å². The number of phenolic OH excluding ortho intramolecular Hbond substituents is 1. The predicted octanol–water partition coefficient (Wildman–Crippen LogP) is 0.446. The molecular weight excluding hydrogens is 294 g/mol. The van der Waals surface area contributed by atoms with E-state index in [2.05, 4.69) is 0 Å². The Hall–Kier alpha value is -1.79. The molecule has 7 heteroatoms. The van der Waals surface area contributed by atoms with Gasteiger partial charge in [0.15, 0.2) is 0 Å². The largest absolute Gasteiger partial charge is 0.508 e. The smallest absolute Gasteiger partial charge is 0.254 e. The topological polar surface area (TPSA) is 86.9 Å². The first-order valence-corrected chi connectivity index (χ1v) is 6.61. The lowest BCUT2D eigenvalue weighted by Gasteiger charge is -2.35. The van der Waals surface area contributed by atoms with E-state index >= 15 is 0 Å². The summed E-state index contributed by atoms with van der Waals surface area (Å²) in [4.78, 5) is 27.4. The van der Waals surface area contributed by atoms with Crippen molar-refractivity contribution in [3.63, 3.8) is 0 Å². The molecule has 1 saturated heterocycles. The van der Waals surface area contributed by atoms with Crippen LogP contribution in [-0.4, -0.2) is 58.9 Å². The first kappa shape index (κ1) is 17.3. The van der Waals surface area contributed by atoms with Crippen molar-refractivity contribution in [3.05, 3.63) is 29.8 Å². The molecular formula is C14H20ClN3O3. The van der Waals surface area contributed by atoms with E-state index in [0.29, 0.717) is 31.7 Å². The van der Waals surface area contributed by atoms with Crippen LogP contribution in [0.1, 0.15) is 17.3 Å². The number of benzene rings is 1. The predicted molar refractivity (Wildman–Crippen MR) is 81.5 cm³/mol. The summed E-state index contributed by atoms with van der Waals surface area (Å²) in [6.07, 6.45) is 0. The van der Waals surface area contributed by atoms with E-state index in [1.807, 2.05) is 0 Å². The fourth-order valence-electron chi connectivity index (χ4n) is 2.24. The van der Waals surface area contributed by atoms with Gasteiger partial charge in [-0.1, -0.05) is 6.07 Å². The van der Waals surface area contributed by atoms with Crippen molar-refractivity contribution < 1.29 is 14.7 Å². The molecule has 0 radical (unpaired) electrons. The van der Waals surface area contributed by atoms with Gasteiger partial charge in [0.1, 0.15) is 5.75 Å². The molecule has 1 aromatic carbocycles. The molecule has 6 nitrogen and oxygen atoms in total. The fourth-order valence-corrected chi connectivity index (χ4v) is 2.24.